The highest BCUT2D eigenvalue weighted by Gasteiger charge is 2.35. The van der Waals surface area contributed by atoms with E-state index in [0.29, 0.717) is 43.6 Å². The number of hydrogen-bond acceptors (Lipinski definition) is 7. The Morgan fingerprint density at radius 1 is 1.24 bits per heavy atom. The van der Waals surface area contributed by atoms with Gasteiger partial charge in [0, 0.05) is 43.7 Å². The molecule has 3 fully saturated rings. The predicted octanol–water partition coefficient (Wildman–Crippen LogP) is 5.27. The second kappa shape index (κ2) is 10.6. The summed E-state index contributed by atoms with van der Waals surface area (Å²) in [7, 11) is 0. The molecule has 1 N–H and O–H groups in total. The van der Waals surface area contributed by atoms with E-state index in [0.717, 1.165) is 28.7 Å². The third-order valence-electron chi connectivity index (χ3n) is 6.83. The van der Waals surface area contributed by atoms with Crippen LogP contribution in [0.5, 0.6) is 0 Å². The number of piperidine rings is 3. The average molecular weight is 487 g/mol. The van der Waals surface area contributed by atoms with E-state index < -0.39 is 5.60 Å². The maximum absolute atomic E-state index is 13.1. The summed E-state index contributed by atoms with van der Waals surface area (Å²) in [6.07, 6.45) is 3.67. The van der Waals surface area contributed by atoms with Gasteiger partial charge in [0.2, 0.25) is 0 Å². The van der Waals surface area contributed by atoms with E-state index in [1.54, 1.807) is 4.90 Å². The first-order valence-corrected chi connectivity index (χ1v) is 13.4. The SMILES string of the molecule is CCCN(CCNc1ccc2c(C(=O)C[C@@H]3CN4CCC3CC4)nsc2c1)C(=O)OC(C)(C)C. The Bertz CT molecular complexity index is 1010. The van der Waals surface area contributed by atoms with Crippen molar-refractivity contribution in [3.05, 3.63) is 23.9 Å². The Morgan fingerprint density at radius 2 is 2.00 bits per heavy atom. The largest absolute Gasteiger partial charge is 0.444 e. The summed E-state index contributed by atoms with van der Waals surface area (Å²) in [6, 6.07) is 6.05. The lowest BCUT2D eigenvalue weighted by Gasteiger charge is -2.44. The fraction of sp³-hybridized carbons (Fsp3) is 0.654. The van der Waals surface area contributed by atoms with E-state index in [4.69, 9.17) is 4.74 Å². The summed E-state index contributed by atoms with van der Waals surface area (Å²) in [5, 5.41) is 4.35. The molecule has 3 aliphatic heterocycles. The summed E-state index contributed by atoms with van der Waals surface area (Å²) in [5.74, 6) is 1.35. The number of ether oxygens (including phenoxy) is 1. The van der Waals surface area contributed by atoms with Gasteiger partial charge < -0.3 is 19.9 Å². The van der Waals surface area contributed by atoms with E-state index in [-0.39, 0.29) is 11.9 Å². The van der Waals surface area contributed by atoms with Gasteiger partial charge in [-0.25, -0.2) is 4.79 Å². The normalized spacial score (nSPS) is 22.1. The molecule has 0 aliphatic carbocycles. The minimum atomic E-state index is -0.503. The van der Waals surface area contributed by atoms with Crippen LogP contribution in [0, 0.1) is 11.8 Å². The second-order valence-electron chi connectivity index (χ2n) is 10.7. The number of carbonyl (C=O) groups excluding carboxylic acids is 2. The molecule has 0 saturated carbocycles. The van der Waals surface area contributed by atoms with Gasteiger partial charge in [-0.15, -0.1) is 0 Å². The highest BCUT2D eigenvalue weighted by Crippen LogP contribution is 2.36. The first-order valence-electron chi connectivity index (χ1n) is 12.6. The second-order valence-corrected chi connectivity index (χ2v) is 11.5. The van der Waals surface area contributed by atoms with Crippen molar-refractivity contribution in [1.82, 2.24) is 14.2 Å². The van der Waals surface area contributed by atoms with Crippen LogP contribution in [0.1, 0.15) is 63.9 Å². The van der Waals surface area contributed by atoms with Crippen LogP contribution >= 0.6 is 11.5 Å². The Labute approximate surface area is 207 Å². The molecule has 1 atom stereocenters. The Hall–Kier alpha value is -2.19. The van der Waals surface area contributed by atoms with E-state index in [1.165, 1.54) is 37.5 Å². The number of anilines is 1. The smallest absolute Gasteiger partial charge is 0.410 e. The lowest BCUT2D eigenvalue weighted by Crippen LogP contribution is -2.47. The molecule has 8 heteroatoms. The zero-order chi connectivity index (χ0) is 24.3. The summed E-state index contributed by atoms with van der Waals surface area (Å²) in [4.78, 5) is 29.8. The van der Waals surface area contributed by atoms with E-state index >= 15 is 0 Å². The highest BCUT2D eigenvalue weighted by atomic mass is 32.1. The number of fused-ring (bicyclic) bond motifs is 4. The van der Waals surface area contributed by atoms with E-state index in [9.17, 15) is 9.59 Å². The topological polar surface area (TPSA) is 74.8 Å². The number of nitrogens with one attached hydrogen (secondary N) is 1. The molecule has 2 bridgehead atoms. The molecule has 4 heterocycles. The van der Waals surface area contributed by atoms with Gasteiger partial charge in [0.25, 0.3) is 0 Å². The molecule has 34 heavy (non-hydrogen) atoms. The fourth-order valence-electron chi connectivity index (χ4n) is 5.13. The molecule has 186 valence electrons. The number of ketones is 1. The molecule has 5 rings (SSSR count). The lowest BCUT2D eigenvalue weighted by molar-refractivity contribution is 0.0257. The number of amides is 1. The van der Waals surface area contributed by atoms with Gasteiger partial charge in [0.15, 0.2) is 5.78 Å². The van der Waals surface area contributed by atoms with Crippen molar-refractivity contribution >= 4 is 39.2 Å². The maximum atomic E-state index is 13.1. The molecule has 7 nitrogen and oxygen atoms in total. The molecule has 0 radical (unpaired) electrons. The molecule has 1 aromatic carbocycles. The number of rotatable bonds is 9. The molecule has 3 aliphatic rings. The number of aromatic nitrogens is 1. The zero-order valence-electron chi connectivity index (χ0n) is 20.9. The third-order valence-corrected chi connectivity index (χ3v) is 7.64. The van der Waals surface area contributed by atoms with Crippen molar-refractivity contribution < 1.29 is 14.3 Å². The van der Waals surface area contributed by atoms with Crippen LogP contribution in [-0.2, 0) is 4.74 Å². The minimum Gasteiger partial charge on any atom is -0.444 e. The molecule has 1 aromatic heterocycles. The first-order chi connectivity index (χ1) is 16.2. The number of carbonyl (C=O) groups is 2. The zero-order valence-corrected chi connectivity index (χ0v) is 21.7. The minimum absolute atomic E-state index is 0.179. The van der Waals surface area contributed by atoms with Crippen LogP contribution in [0.3, 0.4) is 0 Å². The molecule has 3 saturated heterocycles. The van der Waals surface area contributed by atoms with Gasteiger partial charge in [0.1, 0.15) is 11.3 Å². The van der Waals surface area contributed by atoms with Crippen LogP contribution in [-0.4, -0.2) is 70.9 Å². The molecule has 0 unspecified atom stereocenters. The number of benzene rings is 1. The molecular weight excluding hydrogens is 448 g/mol. The number of Topliss-reactive ketones (excluding diaryl/α,β-unsaturated/α-hetero) is 1. The molecule has 1 amide bonds. The van der Waals surface area contributed by atoms with Gasteiger partial charge >= 0.3 is 6.09 Å². The van der Waals surface area contributed by atoms with Crippen molar-refractivity contribution in [2.24, 2.45) is 11.8 Å². The van der Waals surface area contributed by atoms with Crippen molar-refractivity contribution in [1.29, 1.82) is 0 Å². The predicted molar refractivity (Wildman–Crippen MR) is 138 cm³/mol. The van der Waals surface area contributed by atoms with Gasteiger partial charge in [0.05, 0.1) is 4.70 Å². The van der Waals surface area contributed by atoms with Crippen molar-refractivity contribution in [2.45, 2.75) is 59.0 Å². The number of hydrogen-bond donors (Lipinski definition) is 1. The van der Waals surface area contributed by atoms with Crippen LogP contribution in [0.2, 0.25) is 0 Å². The Kier molecular flexibility index (Phi) is 7.77. The van der Waals surface area contributed by atoms with E-state index in [1.807, 2.05) is 32.9 Å². The lowest BCUT2D eigenvalue weighted by atomic mass is 9.76. The standard InChI is InChI=1S/C26H38N4O3S/c1-5-11-30(25(32)33-26(2,3)4)14-10-27-20-6-7-21-23(16-20)34-28-24(21)22(31)15-19-17-29-12-8-18(19)9-13-29/h6-7,16,18-19,27H,5,8-15,17H2,1-4H3/t19-/m1/s1. The summed E-state index contributed by atoms with van der Waals surface area (Å²) in [6.45, 7) is 13.0. The quantitative estimate of drug-likeness (QED) is 0.487. The van der Waals surface area contributed by atoms with Crippen LogP contribution in [0.25, 0.3) is 10.1 Å². The van der Waals surface area contributed by atoms with Crippen molar-refractivity contribution in [3.8, 4) is 0 Å². The Morgan fingerprint density at radius 3 is 2.65 bits per heavy atom. The Balaban J connectivity index is 1.34. The van der Waals surface area contributed by atoms with Gasteiger partial charge in [-0.3, -0.25) is 4.79 Å². The molecule has 2 aromatic rings. The van der Waals surface area contributed by atoms with Crippen LogP contribution in [0.4, 0.5) is 10.5 Å². The van der Waals surface area contributed by atoms with Gasteiger partial charge in [-0.2, -0.15) is 4.37 Å². The van der Waals surface area contributed by atoms with E-state index in [2.05, 4.69) is 27.6 Å². The van der Waals surface area contributed by atoms with Crippen molar-refractivity contribution in [3.63, 3.8) is 0 Å². The highest BCUT2D eigenvalue weighted by molar-refractivity contribution is 7.13. The molecular formula is C26H38N4O3S. The number of nitrogens with zero attached hydrogens (tertiary/aromatic N) is 3. The van der Waals surface area contributed by atoms with Crippen LogP contribution < -0.4 is 5.32 Å². The fourth-order valence-corrected chi connectivity index (χ4v) is 5.96. The average Bonchev–Trinajstić information content (AvgIpc) is 3.21. The van der Waals surface area contributed by atoms with Crippen molar-refractivity contribution in [2.75, 3.05) is 44.6 Å². The van der Waals surface area contributed by atoms with Gasteiger partial charge in [-0.05, 0) is 94.7 Å². The molecule has 0 spiro atoms. The summed E-state index contributed by atoms with van der Waals surface area (Å²) < 4.78 is 11.1. The maximum Gasteiger partial charge on any atom is 0.410 e. The summed E-state index contributed by atoms with van der Waals surface area (Å²) >= 11 is 1.39. The summed E-state index contributed by atoms with van der Waals surface area (Å²) in [5.41, 5.74) is 1.09. The first kappa shape index (κ1) is 24.9. The third kappa shape index (κ3) is 6.08. The van der Waals surface area contributed by atoms with Crippen LogP contribution in [0.15, 0.2) is 18.2 Å². The van der Waals surface area contributed by atoms with Gasteiger partial charge in [-0.1, -0.05) is 6.92 Å². The monoisotopic (exact) mass is 486 g/mol.